The van der Waals surface area contributed by atoms with Crippen molar-refractivity contribution in [1.82, 2.24) is 0 Å². The molecule has 4 heteroatoms. The fraction of sp³-hybridized carbons (Fsp3) is 0.308. The van der Waals surface area contributed by atoms with E-state index in [-0.39, 0.29) is 5.78 Å². The molecule has 0 saturated carbocycles. The van der Waals surface area contributed by atoms with Gasteiger partial charge in [-0.2, -0.15) is 0 Å². The standard InChI is InChI=1S/C13H15BrO3/c1-4-11(15)9-7-12(16-5-2)13(17-6-3)8-10(9)14/h4,7-8H,1,5-6H2,2-3H3. The van der Waals surface area contributed by atoms with Crippen molar-refractivity contribution < 1.29 is 14.3 Å². The van der Waals surface area contributed by atoms with Crippen molar-refractivity contribution in [3.63, 3.8) is 0 Å². The van der Waals surface area contributed by atoms with E-state index in [1.54, 1.807) is 12.1 Å². The molecule has 0 spiro atoms. The molecular formula is C13H15BrO3. The van der Waals surface area contributed by atoms with Crippen LogP contribution in [0.4, 0.5) is 0 Å². The molecule has 0 aliphatic heterocycles. The molecule has 1 aromatic rings. The summed E-state index contributed by atoms with van der Waals surface area (Å²) in [6.45, 7) is 8.31. The van der Waals surface area contributed by atoms with E-state index in [1.165, 1.54) is 6.08 Å². The maximum atomic E-state index is 11.6. The lowest BCUT2D eigenvalue weighted by atomic mass is 10.1. The van der Waals surface area contributed by atoms with Gasteiger partial charge in [0.2, 0.25) is 0 Å². The quantitative estimate of drug-likeness (QED) is 0.594. The van der Waals surface area contributed by atoms with Crippen molar-refractivity contribution in [3.8, 4) is 11.5 Å². The second-order valence-electron chi connectivity index (χ2n) is 3.21. The van der Waals surface area contributed by atoms with Crippen molar-refractivity contribution in [2.24, 2.45) is 0 Å². The lowest BCUT2D eigenvalue weighted by Gasteiger charge is -2.13. The van der Waals surface area contributed by atoms with Crippen LogP contribution in [0.3, 0.4) is 0 Å². The average Bonchev–Trinajstić information content (AvgIpc) is 2.32. The number of carbonyl (C=O) groups excluding carboxylic acids is 1. The average molecular weight is 299 g/mol. The fourth-order valence-electron chi connectivity index (χ4n) is 1.37. The van der Waals surface area contributed by atoms with E-state index in [1.807, 2.05) is 13.8 Å². The molecule has 0 radical (unpaired) electrons. The molecule has 0 aliphatic carbocycles. The number of halogens is 1. The van der Waals surface area contributed by atoms with Crippen LogP contribution in [-0.4, -0.2) is 19.0 Å². The zero-order chi connectivity index (χ0) is 12.8. The summed E-state index contributed by atoms with van der Waals surface area (Å²) in [5.41, 5.74) is 0.520. The zero-order valence-corrected chi connectivity index (χ0v) is 11.5. The Kier molecular flexibility index (Phi) is 5.22. The molecule has 0 fully saturated rings. The Bertz CT molecular complexity index is 427. The van der Waals surface area contributed by atoms with Gasteiger partial charge in [0.05, 0.1) is 13.2 Å². The van der Waals surface area contributed by atoms with Gasteiger partial charge in [0.1, 0.15) is 0 Å². The number of carbonyl (C=O) groups is 1. The smallest absolute Gasteiger partial charge is 0.186 e. The molecule has 0 aromatic heterocycles. The Balaban J connectivity index is 3.23. The monoisotopic (exact) mass is 298 g/mol. The lowest BCUT2D eigenvalue weighted by Crippen LogP contribution is -2.02. The third-order valence-corrected chi connectivity index (χ3v) is 2.74. The number of rotatable bonds is 6. The molecule has 0 amide bonds. The summed E-state index contributed by atoms with van der Waals surface area (Å²) in [5.74, 6) is 1.05. The molecule has 0 N–H and O–H groups in total. The SMILES string of the molecule is C=CC(=O)c1cc(OCC)c(OCC)cc1Br. The van der Waals surface area contributed by atoms with Crippen molar-refractivity contribution in [1.29, 1.82) is 0 Å². The van der Waals surface area contributed by atoms with Crippen LogP contribution in [0.15, 0.2) is 29.3 Å². The number of ketones is 1. The molecule has 0 atom stereocenters. The molecule has 0 heterocycles. The van der Waals surface area contributed by atoms with Crippen molar-refractivity contribution >= 4 is 21.7 Å². The van der Waals surface area contributed by atoms with Gasteiger partial charge in [-0.15, -0.1) is 0 Å². The summed E-state index contributed by atoms with van der Waals surface area (Å²) in [7, 11) is 0. The second-order valence-corrected chi connectivity index (χ2v) is 4.07. The molecule has 0 bridgehead atoms. The molecule has 92 valence electrons. The van der Waals surface area contributed by atoms with E-state index in [4.69, 9.17) is 9.47 Å². The maximum Gasteiger partial charge on any atom is 0.186 e. The molecule has 17 heavy (non-hydrogen) atoms. The topological polar surface area (TPSA) is 35.5 Å². The van der Waals surface area contributed by atoms with Gasteiger partial charge in [0, 0.05) is 10.0 Å². The first-order valence-corrected chi connectivity index (χ1v) is 6.19. The van der Waals surface area contributed by atoms with Crippen LogP contribution in [0.25, 0.3) is 0 Å². The first-order valence-electron chi connectivity index (χ1n) is 5.39. The van der Waals surface area contributed by atoms with E-state index in [2.05, 4.69) is 22.5 Å². The van der Waals surface area contributed by atoms with Crippen LogP contribution in [0.1, 0.15) is 24.2 Å². The van der Waals surface area contributed by atoms with Crippen molar-refractivity contribution in [3.05, 3.63) is 34.8 Å². The molecule has 0 unspecified atom stereocenters. The number of hydrogen-bond acceptors (Lipinski definition) is 3. The lowest BCUT2D eigenvalue weighted by molar-refractivity contribution is 0.104. The number of benzene rings is 1. The van der Waals surface area contributed by atoms with Crippen LogP contribution < -0.4 is 9.47 Å². The Hall–Kier alpha value is -1.29. The highest BCUT2D eigenvalue weighted by atomic mass is 79.9. The number of allylic oxidation sites excluding steroid dienone is 1. The normalized spacial score (nSPS) is 9.82. The van der Waals surface area contributed by atoms with Crippen LogP contribution in [0, 0.1) is 0 Å². The summed E-state index contributed by atoms with van der Waals surface area (Å²) in [6, 6.07) is 3.41. The van der Waals surface area contributed by atoms with Crippen molar-refractivity contribution in [2.75, 3.05) is 13.2 Å². The fourth-order valence-corrected chi connectivity index (χ4v) is 1.89. The largest absolute Gasteiger partial charge is 0.490 e. The van der Waals surface area contributed by atoms with E-state index < -0.39 is 0 Å². The van der Waals surface area contributed by atoms with Gasteiger partial charge in [-0.1, -0.05) is 6.58 Å². The summed E-state index contributed by atoms with van der Waals surface area (Å²) >= 11 is 3.34. The molecule has 1 aromatic carbocycles. The van der Waals surface area contributed by atoms with E-state index >= 15 is 0 Å². The maximum absolute atomic E-state index is 11.6. The molecule has 1 rings (SSSR count). The molecular weight excluding hydrogens is 284 g/mol. The van der Waals surface area contributed by atoms with Gasteiger partial charge < -0.3 is 9.47 Å². The minimum atomic E-state index is -0.152. The third-order valence-electron chi connectivity index (χ3n) is 2.08. The van der Waals surface area contributed by atoms with Gasteiger partial charge in [-0.05, 0) is 48.0 Å². The Morgan fingerprint density at radius 2 is 1.82 bits per heavy atom. The highest BCUT2D eigenvalue weighted by molar-refractivity contribution is 9.10. The van der Waals surface area contributed by atoms with Gasteiger partial charge in [-0.3, -0.25) is 4.79 Å². The zero-order valence-electron chi connectivity index (χ0n) is 9.96. The summed E-state index contributed by atoms with van der Waals surface area (Å²) in [6.07, 6.45) is 1.27. The van der Waals surface area contributed by atoms with Gasteiger partial charge in [0.25, 0.3) is 0 Å². The van der Waals surface area contributed by atoms with Crippen LogP contribution in [0.2, 0.25) is 0 Å². The van der Waals surface area contributed by atoms with Gasteiger partial charge >= 0.3 is 0 Å². The Morgan fingerprint density at radius 1 is 1.29 bits per heavy atom. The predicted molar refractivity (Wildman–Crippen MR) is 71.0 cm³/mol. The Morgan fingerprint density at radius 3 is 2.29 bits per heavy atom. The van der Waals surface area contributed by atoms with Crippen LogP contribution in [0.5, 0.6) is 11.5 Å². The minimum Gasteiger partial charge on any atom is -0.490 e. The van der Waals surface area contributed by atoms with Gasteiger partial charge in [-0.25, -0.2) is 0 Å². The molecule has 0 saturated heterocycles. The van der Waals surface area contributed by atoms with E-state index in [0.717, 1.165) is 0 Å². The summed E-state index contributed by atoms with van der Waals surface area (Å²) in [5, 5.41) is 0. The predicted octanol–water partition coefficient (Wildman–Crippen LogP) is 3.62. The summed E-state index contributed by atoms with van der Waals surface area (Å²) < 4.78 is 11.6. The van der Waals surface area contributed by atoms with E-state index in [0.29, 0.717) is 34.7 Å². The first kappa shape index (κ1) is 13.8. The number of hydrogen-bond donors (Lipinski definition) is 0. The number of ether oxygens (including phenoxy) is 2. The first-order chi connectivity index (χ1) is 8.13. The Labute approximate surface area is 110 Å². The highest BCUT2D eigenvalue weighted by Crippen LogP contribution is 2.34. The van der Waals surface area contributed by atoms with Gasteiger partial charge in [0.15, 0.2) is 17.3 Å². The minimum absolute atomic E-state index is 0.152. The van der Waals surface area contributed by atoms with Crippen LogP contribution in [-0.2, 0) is 0 Å². The molecule has 3 nitrogen and oxygen atoms in total. The van der Waals surface area contributed by atoms with E-state index in [9.17, 15) is 4.79 Å². The third kappa shape index (κ3) is 3.33. The van der Waals surface area contributed by atoms with Crippen molar-refractivity contribution in [2.45, 2.75) is 13.8 Å². The molecule has 0 aliphatic rings. The second kappa shape index (κ2) is 6.45. The highest BCUT2D eigenvalue weighted by Gasteiger charge is 2.13. The van der Waals surface area contributed by atoms with Crippen LogP contribution >= 0.6 is 15.9 Å². The summed E-state index contributed by atoms with van der Waals surface area (Å²) in [4.78, 5) is 11.6.